The van der Waals surface area contributed by atoms with Gasteiger partial charge >= 0.3 is 6.09 Å². The lowest BCUT2D eigenvalue weighted by molar-refractivity contribution is 0.0766. The monoisotopic (exact) mass is 459 g/mol. The fraction of sp³-hybridized carbons (Fsp3) is 0.682. The Morgan fingerprint density at radius 2 is 1.73 bits per heavy atom. The zero-order chi connectivity index (χ0) is 19.7. The first-order valence-corrected chi connectivity index (χ1v) is 10.6. The Kier molecular flexibility index (Phi) is 9.10. The number of halogens is 2. The summed E-state index contributed by atoms with van der Waals surface area (Å²) in [6.07, 6.45) is 1.96. The molecule has 3 heterocycles. The van der Waals surface area contributed by atoms with Crippen molar-refractivity contribution >= 4 is 30.9 Å². The number of benzene rings is 1. The summed E-state index contributed by atoms with van der Waals surface area (Å²) in [7, 11) is 3.98. The largest absolute Gasteiger partial charge is 0.497 e. The van der Waals surface area contributed by atoms with E-state index in [9.17, 15) is 4.79 Å². The zero-order valence-corrected chi connectivity index (χ0v) is 19.8. The number of hydrogen-bond acceptors (Lipinski definition) is 5. The summed E-state index contributed by atoms with van der Waals surface area (Å²) in [5.41, 5.74) is 1.40. The molecule has 0 spiro atoms. The molecule has 3 fully saturated rings. The summed E-state index contributed by atoms with van der Waals surface area (Å²) >= 11 is 0. The Balaban J connectivity index is 0.00000160. The molecule has 170 valence electrons. The van der Waals surface area contributed by atoms with Gasteiger partial charge in [-0.2, -0.15) is 0 Å². The summed E-state index contributed by atoms with van der Waals surface area (Å²) in [6.45, 7) is 7.47. The molecule has 6 nitrogen and oxygen atoms in total. The lowest BCUT2D eigenvalue weighted by Gasteiger charge is -2.37. The number of fused-ring (bicyclic) bond motifs is 1. The number of nitrogens with zero attached hydrogens (tertiary/aromatic N) is 3. The van der Waals surface area contributed by atoms with E-state index in [-0.39, 0.29) is 30.9 Å². The number of carbonyl (C=O) groups is 1. The molecule has 0 N–H and O–H groups in total. The third-order valence-electron chi connectivity index (χ3n) is 6.89. The molecule has 1 aromatic rings. The highest BCUT2D eigenvalue weighted by Crippen LogP contribution is 2.45. The average Bonchev–Trinajstić information content (AvgIpc) is 3.25. The van der Waals surface area contributed by atoms with Crippen molar-refractivity contribution in [3.63, 3.8) is 0 Å². The lowest BCUT2D eigenvalue weighted by Crippen LogP contribution is -2.47. The van der Waals surface area contributed by atoms with Crippen molar-refractivity contribution in [2.45, 2.75) is 31.8 Å². The van der Waals surface area contributed by atoms with E-state index in [0.717, 1.165) is 44.1 Å². The van der Waals surface area contributed by atoms with Gasteiger partial charge in [0.25, 0.3) is 0 Å². The molecule has 0 saturated carbocycles. The second-order valence-electron chi connectivity index (χ2n) is 8.45. The van der Waals surface area contributed by atoms with E-state index in [4.69, 9.17) is 9.47 Å². The summed E-state index contributed by atoms with van der Waals surface area (Å²) < 4.78 is 10.5. The first kappa shape index (κ1) is 25.1. The molecule has 0 unspecified atom stereocenters. The highest BCUT2D eigenvalue weighted by atomic mass is 35.5. The number of amides is 1. The molecule has 3 saturated heterocycles. The van der Waals surface area contributed by atoms with E-state index < -0.39 is 0 Å². The van der Waals surface area contributed by atoms with Crippen molar-refractivity contribution < 1.29 is 14.3 Å². The first-order valence-electron chi connectivity index (χ1n) is 10.6. The summed E-state index contributed by atoms with van der Waals surface area (Å²) in [5.74, 6) is 2.34. The van der Waals surface area contributed by atoms with Crippen LogP contribution in [0.4, 0.5) is 4.79 Å². The maximum atomic E-state index is 11.9. The van der Waals surface area contributed by atoms with Crippen LogP contribution in [0, 0.1) is 11.8 Å². The van der Waals surface area contributed by atoms with E-state index in [1.165, 1.54) is 18.7 Å². The van der Waals surface area contributed by atoms with Gasteiger partial charge in [-0.3, -0.25) is 9.80 Å². The second-order valence-corrected chi connectivity index (χ2v) is 8.45. The van der Waals surface area contributed by atoms with Crippen LogP contribution < -0.4 is 4.74 Å². The molecule has 0 aliphatic carbocycles. The summed E-state index contributed by atoms with van der Waals surface area (Å²) in [6, 6.07) is 9.69. The van der Waals surface area contributed by atoms with E-state index >= 15 is 0 Å². The van der Waals surface area contributed by atoms with Crippen LogP contribution in [0.5, 0.6) is 5.75 Å². The number of likely N-dealkylation sites (tertiary alicyclic amines) is 3. The van der Waals surface area contributed by atoms with Crippen molar-refractivity contribution in [2.75, 3.05) is 53.5 Å². The van der Waals surface area contributed by atoms with Crippen molar-refractivity contribution in [1.82, 2.24) is 14.7 Å². The fourth-order valence-electron chi connectivity index (χ4n) is 5.52. The quantitative estimate of drug-likeness (QED) is 0.686. The predicted molar refractivity (Wildman–Crippen MR) is 123 cm³/mol. The molecule has 0 bridgehead atoms. The maximum absolute atomic E-state index is 11.9. The van der Waals surface area contributed by atoms with Gasteiger partial charge < -0.3 is 14.4 Å². The summed E-state index contributed by atoms with van der Waals surface area (Å²) in [4.78, 5) is 19.0. The predicted octanol–water partition coefficient (Wildman–Crippen LogP) is 3.69. The number of ether oxygens (including phenoxy) is 2. The standard InChI is InChI=1S/C22H33N3O3.2ClH/c1-4-28-22(26)24-11-9-18(10-12-24)25-14-17-13-23(2)21(20(17)15-25)16-5-7-19(27-3)8-6-16;;/h5-8,17-18,20-21H,4,9-15H2,1-3H3;2*1H/t17-,20+,21+;;/m0../s1. The Bertz CT molecular complexity index is 683. The van der Waals surface area contributed by atoms with Gasteiger partial charge in [0.1, 0.15) is 5.75 Å². The Morgan fingerprint density at radius 1 is 1.07 bits per heavy atom. The minimum atomic E-state index is -0.152. The number of piperidine rings is 1. The summed E-state index contributed by atoms with van der Waals surface area (Å²) in [5, 5.41) is 0. The van der Waals surface area contributed by atoms with Crippen LogP contribution in [-0.2, 0) is 4.74 Å². The van der Waals surface area contributed by atoms with Gasteiger partial charge in [-0.25, -0.2) is 4.79 Å². The van der Waals surface area contributed by atoms with Gasteiger partial charge in [-0.15, -0.1) is 24.8 Å². The molecule has 1 amide bonds. The third-order valence-corrected chi connectivity index (χ3v) is 6.89. The minimum Gasteiger partial charge on any atom is -0.497 e. The maximum Gasteiger partial charge on any atom is 0.409 e. The second kappa shape index (κ2) is 10.9. The van der Waals surface area contributed by atoms with Crippen LogP contribution in [0.3, 0.4) is 0 Å². The number of methoxy groups -OCH3 is 1. The van der Waals surface area contributed by atoms with Gasteiger partial charge in [0.2, 0.25) is 0 Å². The molecule has 1 aromatic carbocycles. The Hall–Kier alpha value is -1.21. The molecule has 3 atom stereocenters. The smallest absolute Gasteiger partial charge is 0.409 e. The fourth-order valence-corrected chi connectivity index (χ4v) is 5.52. The van der Waals surface area contributed by atoms with Gasteiger partial charge in [0.15, 0.2) is 0 Å². The Labute approximate surface area is 192 Å². The molecule has 0 radical (unpaired) electrons. The van der Waals surface area contributed by atoms with Crippen LogP contribution in [0.25, 0.3) is 0 Å². The van der Waals surface area contributed by atoms with Gasteiger partial charge in [-0.05, 0) is 56.3 Å². The van der Waals surface area contributed by atoms with Crippen molar-refractivity contribution in [3.05, 3.63) is 29.8 Å². The van der Waals surface area contributed by atoms with E-state index in [1.54, 1.807) is 7.11 Å². The molecule has 3 aliphatic rings. The minimum absolute atomic E-state index is 0. The topological polar surface area (TPSA) is 45.2 Å². The lowest BCUT2D eigenvalue weighted by atomic mass is 9.89. The zero-order valence-electron chi connectivity index (χ0n) is 18.2. The molecule has 8 heteroatoms. The van der Waals surface area contributed by atoms with Crippen LogP contribution >= 0.6 is 24.8 Å². The van der Waals surface area contributed by atoms with Crippen molar-refractivity contribution in [1.29, 1.82) is 0 Å². The van der Waals surface area contributed by atoms with Crippen LogP contribution in [0.2, 0.25) is 0 Å². The number of rotatable bonds is 4. The highest BCUT2D eigenvalue weighted by Gasteiger charge is 2.47. The first-order chi connectivity index (χ1) is 13.6. The molecular weight excluding hydrogens is 425 g/mol. The normalized spacial score (nSPS) is 27.2. The van der Waals surface area contributed by atoms with Gasteiger partial charge in [0, 0.05) is 44.8 Å². The third kappa shape index (κ3) is 4.98. The van der Waals surface area contributed by atoms with Crippen LogP contribution in [0.1, 0.15) is 31.4 Å². The van der Waals surface area contributed by atoms with Gasteiger partial charge in [0.05, 0.1) is 13.7 Å². The van der Waals surface area contributed by atoms with Crippen molar-refractivity contribution in [3.8, 4) is 5.75 Å². The number of hydrogen-bond donors (Lipinski definition) is 0. The van der Waals surface area contributed by atoms with Crippen molar-refractivity contribution in [2.24, 2.45) is 11.8 Å². The SMILES string of the molecule is CCOC(=O)N1CCC(N2C[C@@H]3CN(C)[C@H](c4ccc(OC)cc4)[C@@H]3C2)CC1.Cl.Cl. The molecule has 30 heavy (non-hydrogen) atoms. The van der Waals surface area contributed by atoms with E-state index in [0.29, 0.717) is 24.6 Å². The highest BCUT2D eigenvalue weighted by molar-refractivity contribution is 5.85. The van der Waals surface area contributed by atoms with Crippen LogP contribution in [-0.4, -0.2) is 80.3 Å². The van der Waals surface area contributed by atoms with E-state index in [1.807, 2.05) is 11.8 Å². The molecule has 4 rings (SSSR count). The van der Waals surface area contributed by atoms with Crippen LogP contribution in [0.15, 0.2) is 24.3 Å². The Morgan fingerprint density at radius 3 is 2.33 bits per heavy atom. The molecule has 0 aromatic heterocycles. The average molecular weight is 460 g/mol. The van der Waals surface area contributed by atoms with Gasteiger partial charge in [-0.1, -0.05) is 12.1 Å². The number of carbonyl (C=O) groups excluding carboxylic acids is 1. The van der Waals surface area contributed by atoms with E-state index in [2.05, 4.69) is 41.1 Å². The molecular formula is C22H35Cl2N3O3. The molecule has 3 aliphatic heterocycles.